The number of hydrogen-bond acceptors (Lipinski definition) is 3. The van der Waals surface area contributed by atoms with Crippen LogP contribution in [0.3, 0.4) is 0 Å². The predicted octanol–water partition coefficient (Wildman–Crippen LogP) is 3.78. The van der Waals surface area contributed by atoms with E-state index < -0.39 is 0 Å². The highest BCUT2D eigenvalue weighted by Gasteiger charge is 2.10. The van der Waals surface area contributed by atoms with Crippen molar-refractivity contribution in [2.45, 2.75) is 9.79 Å². The van der Waals surface area contributed by atoms with E-state index in [0.29, 0.717) is 16.3 Å². The van der Waals surface area contributed by atoms with Crippen molar-refractivity contribution in [1.82, 2.24) is 4.90 Å². The van der Waals surface area contributed by atoms with Crippen LogP contribution in [0.4, 0.5) is 5.69 Å². The van der Waals surface area contributed by atoms with E-state index in [2.05, 4.69) is 0 Å². The number of rotatable bonds is 3. The summed E-state index contributed by atoms with van der Waals surface area (Å²) in [6, 6.07) is 12.9. The number of nitrogens with zero attached hydrogens (tertiary/aromatic N) is 1. The molecule has 0 heterocycles. The number of amides is 1. The fourth-order valence-corrected chi connectivity index (χ4v) is 2.63. The zero-order valence-electron chi connectivity index (χ0n) is 11.3. The lowest BCUT2D eigenvalue weighted by Crippen LogP contribution is -2.21. The molecule has 104 valence electrons. The fourth-order valence-electron chi connectivity index (χ4n) is 1.66. The second kappa shape index (κ2) is 6.20. The van der Waals surface area contributed by atoms with Crippen LogP contribution in [0.15, 0.2) is 52.3 Å². The third-order valence-electron chi connectivity index (χ3n) is 2.70. The number of anilines is 1. The van der Waals surface area contributed by atoms with Crippen LogP contribution in [-0.4, -0.2) is 24.9 Å². The van der Waals surface area contributed by atoms with Gasteiger partial charge in [0.05, 0.1) is 0 Å². The minimum atomic E-state index is -0.0558. The van der Waals surface area contributed by atoms with Crippen LogP contribution in [0, 0.1) is 0 Å². The second-order valence-electron chi connectivity index (χ2n) is 4.51. The summed E-state index contributed by atoms with van der Waals surface area (Å²) in [4.78, 5) is 15.3. The molecule has 0 saturated carbocycles. The molecule has 0 fully saturated rings. The first-order valence-corrected chi connectivity index (χ1v) is 7.21. The highest BCUT2D eigenvalue weighted by Crippen LogP contribution is 2.33. The first-order chi connectivity index (χ1) is 9.47. The van der Waals surface area contributed by atoms with Crippen LogP contribution >= 0.6 is 23.4 Å². The summed E-state index contributed by atoms with van der Waals surface area (Å²) in [5, 5.41) is 0.703. The molecule has 0 radical (unpaired) electrons. The van der Waals surface area contributed by atoms with E-state index in [1.807, 2.05) is 30.3 Å². The van der Waals surface area contributed by atoms with Crippen molar-refractivity contribution in [1.29, 1.82) is 0 Å². The Labute approximate surface area is 127 Å². The van der Waals surface area contributed by atoms with Gasteiger partial charge < -0.3 is 10.6 Å². The van der Waals surface area contributed by atoms with Crippen molar-refractivity contribution < 1.29 is 4.79 Å². The number of nitrogen functional groups attached to an aromatic ring is 1. The maximum absolute atomic E-state index is 11.9. The topological polar surface area (TPSA) is 46.3 Å². The zero-order chi connectivity index (χ0) is 14.7. The number of halogens is 1. The molecular formula is C15H15ClN2OS. The SMILES string of the molecule is CN(C)C(=O)c1ccc(Sc2ccc(Cl)cc2)c(N)c1. The molecular weight excluding hydrogens is 292 g/mol. The summed E-state index contributed by atoms with van der Waals surface area (Å²) < 4.78 is 0. The van der Waals surface area contributed by atoms with Gasteiger partial charge in [0.25, 0.3) is 5.91 Å². The van der Waals surface area contributed by atoms with E-state index in [-0.39, 0.29) is 5.91 Å². The molecule has 20 heavy (non-hydrogen) atoms. The summed E-state index contributed by atoms with van der Waals surface area (Å²) in [6.45, 7) is 0. The minimum absolute atomic E-state index is 0.0558. The standard InChI is InChI=1S/C15H15ClN2OS/c1-18(2)15(19)10-3-8-14(13(17)9-10)20-12-6-4-11(16)5-7-12/h3-9H,17H2,1-2H3. The number of carbonyl (C=O) groups excluding carboxylic acids is 1. The summed E-state index contributed by atoms with van der Waals surface area (Å²) in [7, 11) is 3.43. The van der Waals surface area contributed by atoms with Gasteiger partial charge in [-0.2, -0.15) is 0 Å². The van der Waals surface area contributed by atoms with Crippen molar-refractivity contribution in [2.24, 2.45) is 0 Å². The van der Waals surface area contributed by atoms with Gasteiger partial charge in [0.2, 0.25) is 0 Å². The third kappa shape index (κ3) is 3.46. The third-order valence-corrected chi connectivity index (χ3v) is 4.06. The Hall–Kier alpha value is -1.65. The van der Waals surface area contributed by atoms with E-state index in [9.17, 15) is 4.79 Å². The van der Waals surface area contributed by atoms with E-state index in [1.54, 1.807) is 38.0 Å². The minimum Gasteiger partial charge on any atom is -0.398 e. The Balaban J connectivity index is 2.22. The van der Waals surface area contributed by atoms with Gasteiger partial charge in [-0.25, -0.2) is 0 Å². The first-order valence-electron chi connectivity index (χ1n) is 6.02. The summed E-state index contributed by atoms with van der Waals surface area (Å²) in [5.74, 6) is -0.0558. The average Bonchev–Trinajstić information content (AvgIpc) is 2.42. The number of hydrogen-bond donors (Lipinski definition) is 1. The Morgan fingerprint density at radius 3 is 2.35 bits per heavy atom. The number of benzene rings is 2. The smallest absolute Gasteiger partial charge is 0.253 e. The van der Waals surface area contributed by atoms with Crippen LogP contribution in [0.1, 0.15) is 10.4 Å². The van der Waals surface area contributed by atoms with Crippen molar-refractivity contribution in [2.75, 3.05) is 19.8 Å². The highest BCUT2D eigenvalue weighted by molar-refractivity contribution is 7.99. The van der Waals surface area contributed by atoms with Crippen LogP contribution < -0.4 is 5.73 Å². The van der Waals surface area contributed by atoms with E-state index >= 15 is 0 Å². The molecule has 0 aromatic heterocycles. The van der Waals surface area contributed by atoms with E-state index in [0.717, 1.165) is 9.79 Å². The Bertz CT molecular complexity index is 626. The molecule has 3 nitrogen and oxygen atoms in total. The quantitative estimate of drug-likeness (QED) is 0.878. The highest BCUT2D eigenvalue weighted by atomic mass is 35.5. The Morgan fingerprint density at radius 2 is 1.80 bits per heavy atom. The molecule has 2 aromatic rings. The molecule has 0 aliphatic rings. The number of nitrogens with two attached hydrogens (primary N) is 1. The lowest BCUT2D eigenvalue weighted by molar-refractivity contribution is 0.0827. The molecule has 2 N–H and O–H groups in total. The van der Waals surface area contributed by atoms with Gasteiger partial charge in [0, 0.05) is 40.2 Å². The largest absolute Gasteiger partial charge is 0.398 e. The van der Waals surface area contributed by atoms with Crippen LogP contribution in [0.25, 0.3) is 0 Å². The van der Waals surface area contributed by atoms with E-state index in [4.69, 9.17) is 17.3 Å². The molecule has 1 amide bonds. The van der Waals surface area contributed by atoms with Gasteiger partial charge in [0.15, 0.2) is 0 Å². The van der Waals surface area contributed by atoms with Crippen LogP contribution in [-0.2, 0) is 0 Å². The molecule has 2 aromatic carbocycles. The fraction of sp³-hybridized carbons (Fsp3) is 0.133. The van der Waals surface area contributed by atoms with Crippen LogP contribution in [0.5, 0.6) is 0 Å². The van der Waals surface area contributed by atoms with Gasteiger partial charge >= 0.3 is 0 Å². The second-order valence-corrected chi connectivity index (χ2v) is 6.06. The van der Waals surface area contributed by atoms with Gasteiger partial charge in [-0.3, -0.25) is 4.79 Å². The maximum atomic E-state index is 11.9. The lowest BCUT2D eigenvalue weighted by Gasteiger charge is -2.12. The van der Waals surface area contributed by atoms with Crippen molar-refractivity contribution in [3.05, 3.63) is 53.1 Å². The summed E-state index contributed by atoms with van der Waals surface area (Å²) in [5.41, 5.74) is 7.21. The molecule has 0 aliphatic carbocycles. The van der Waals surface area contributed by atoms with Gasteiger partial charge in [-0.05, 0) is 42.5 Å². The van der Waals surface area contributed by atoms with E-state index in [1.165, 1.54) is 4.90 Å². The van der Waals surface area contributed by atoms with Crippen molar-refractivity contribution in [3.8, 4) is 0 Å². The van der Waals surface area contributed by atoms with Crippen molar-refractivity contribution in [3.63, 3.8) is 0 Å². The molecule has 2 rings (SSSR count). The molecule has 0 saturated heterocycles. The molecule has 0 bridgehead atoms. The molecule has 0 atom stereocenters. The van der Waals surface area contributed by atoms with Gasteiger partial charge in [-0.1, -0.05) is 23.4 Å². The first kappa shape index (κ1) is 14.8. The molecule has 0 spiro atoms. The summed E-state index contributed by atoms with van der Waals surface area (Å²) >= 11 is 7.40. The molecule has 5 heteroatoms. The zero-order valence-corrected chi connectivity index (χ0v) is 12.8. The molecule has 0 unspecified atom stereocenters. The van der Waals surface area contributed by atoms with Gasteiger partial charge in [0.1, 0.15) is 0 Å². The Morgan fingerprint density at radius 1 is 1.15 bits per heavy atom. The monoisotopic (exact) mass is 306 g/mol. The van der Waals surface area contributed by atoms with Crippen LogP contribution in [0.2, 0.25) is 5.02 Å². The predicted molar refractivity (Wildman–Crippen MR) is 84.4 cm³/mol. The maximum Gasteiger partial charge on any atom is 0.253 e. The Kier molecular flexibility index (Phi) is 4.57. The summed E-state index contributed by atoms with van der Waals surface area (Å²) in [6.07, 6.45) is 0. The average molecular weight is 307 g/mol. The normalized spacial score (nSPS) is 10.3. The number of carbonyl (C=O) groups is 1. The lowest BCUT2D eigenvalue weighted by atomic mass is 10.2. The molecule has 0 aliphatic heterocycles. The van der Waals surface area contributed by atoms with Gasteiger partial charge in [-0.15, -0.1) is 0 Å². The van der Waals surface area contributed by atoms with Crippen molar-refractivity contribution >= 4 is 35.0 Å².